The predicted molar refractivity (Wildman–Crippen MR) is 80.1 cm³/mol. The highest BCUT2D eigenvalue weighted by Crippen LogP contribution is 2.20. The van der Waals surface area contributed by atoms with E-state index in [1.165, 1.54) is 12.8 Å². The first-order chi connectivity index (χ1) is 9.83. The molecule has 0 atom stereocenters. The van der Waals surface area contributed by atoms with E-state index in [2.05, 4.69) is 15.2 Å². The molecule has 3 rings (SSSR count). The lowest BCUT2D eigenvalue weighted by atomic mass is 10.2. The molecule has 0 aliphatic carbocycles. The number of hydrogen-bond acceptors (Lipinski definition) is 3. The van der Waals surface area contributed by atoms with Crippen LogP contribution < -0.4 is 10.2 Å². The second-order valence-electron chi connectivity index (χ2n) is 4.95. The van der Waals surface area contributed by atoms with Crippen LogP contribution in [-0.4, -0.2) is 24.0 Å². The Bertz CT molecular complexity index is 592. The van der Waals surface area contributed by atoms with Crippen molar-refractivity contribution in [3.05, 3.63) is 54.4 Å². The van der Waals surface area contributed by atoms with Crippen LogP contribution >= 0.6 is 0 Å². The van der Waals surface area contributed by atoms with Gasteiger partial charge in [-0.25, -0.2) is 0 Å². The fourth-order valence-corrected chi connectivity index (χ4v) is 2.42. The number of nitrogens with zero attached hydrogens (tertiary/aromatic N) is 2. The number of anilines is 2. The monoisotopic (exact) mass is 267 g/mol. The minimum atomic E-state index is -0.121. The molecule has 2 heterocycles. The van der Waals surface area contributed by atoms with E-state index < -0.39 is 0 Å². The van der Waals surface area contributed by atoms with Gasteiger partial charge in [-0.1, -0.05) is 18.2 Å². The van der Waals surface area contributed by atoms with Crippen LogP contribution in [0.15, 0.2) is 48.8 Å². The Kier molecular flexibility index (Phi) is 3.63. The molecule has 1 aliphatic heterocycles. The van der Waals surface area contributed by atoms with Crippen molar-refractivity contribution in [2.45, 2.75) is 12.8 Å². The zero-order valence-corrected chi connectivity index (χ0v) is 11.2. The summed E-state index contributed by atoms with van der Waals surface area (Å²) in [5.74, 6) is -0.121. The number of amides is 1. The summed E-state index contributed by atoms with van der Waals surface area (Å²) in [5.41, 5.74) is 2.42. The van der Waals surface area contributed by atoms with E-state index in [9.17, 15) is 4.79 Å². The Morgan fingerprint density at radius 3 is 2.60 bits per heavy atom. The molecule has 1 fully saturated rings. The van der Waals surface area contributed by atoms with E-state index in [0.717, 1.165) is 24.5 Å². The van der Waals surface area contributed by atoms with E-state index in [0.29, 0.717) is 5.56 Å². The van der Waals surface area contributed by atoms with Gasteiger partial charge in [-0.05, 0) is 31.0 Å². The average molecular weight is 267 g/mol. The molecule has 1 amide bonds. The third-order valence-electron chi connectivity index (χ3n) is 3.49. The first-order valence-electron chi connectivity index (χ1n) is 6.89. The number of para-hydroxylation sites is 1. The summed E-state index contributed by atoms with van der Waals surface area (Å²) in [7, 11) is 0. The molecule has 1 aliphatic rings. The van der Waals surface area contributed by atoms with Gasteiger partial charge >= 0.3 is 0 Å². The van der Waals surface area contributed by atoms with Gasteiger partial charge < -0.3 is 10.2 Å². The number of pyridine rings is 1. The second-order valence-corrected chi connectivity index (χ2v) is 4.95. The summed E-state index contributed by atoms with van der Waals surface area (Å²) < 4.78 is 0. The normalized spacial score (nSPS) is 14.3. The SMILES string of the molecule is O=C(Nc1ccccc1)c1cncc(N2CCCC2)c1. The lowest BCUT2D eigenvalue weighted by Crippen LogP contribution is -2.19. The van der Waals surface area contributed by atoms with E-state index in [-0.39, 0.29) is 5.91 Å². The van der Waals surface area contributed by atoms with Gasteiger partial charge in [0.15, 0.2) is 0 Å². The van der Waals surface area contributed by atoms with Crippen LogP contribution in [0.3, 0.4) is 0 Å². The Labute approximate surface area is 118 Å². The highest BCUT2D eigenvalue weighted by molar-refractivity contribution is 6.04. The quantitative estimate of drug-likeness (QED) is 0.930. The summed E-state index contributed by atoms with van der Waals surface area (Å²) in [6.07, 6.45) is 5.85. The molecule has 1 aromatic carbocycles. The molecule has 4 heteroatoms. The number of rotatable bonds is 3. The van der Waals surface area contributed by atoms with Gasteiger partial charge in [0.05, 0.1) is 17.4 Å². The topological polar surface area (TPSA) is 45.2 Å². The average Bonchev–Trinajstić information content (AvgIpc) is 3.03. The molecule has 0 bridgehead atoms. The summed E-state index contributed by atoms with van der Waals surface area (Å²) in [6.45, 7) is 2.09. The van der Waals surface area contributed by atoms with Gasteiger partial charge in [0, 0.05) is 25.0 Å². The molecule has 1 N–H and O–H groups in total. The van der Waals surface area contributed by atoms with Crippen LogP contribution in [0.4, 0.5) is 11.4 Å². The second kappa shape index (κ2) is 5.74. The Morgan fingerprint density at radius 2 is 1.85 bits per heavy atom. The molecular formula is C16H17N3O. The van der Waals surface area contributed by atoms with Crippen LogP contribution in [-0.2, 0) is 0 Å². The van der Waals surface area contributed by atoms with Crippen molar-refractivity contribution in [3.8, 4) is 0 Å². The van der Waals surface area contributed by atoms with Crippen molar-refractivity contribution in [2.24, 2.45) is 0 Å². The van der Waals surface area contributed by atoms with Crippen molar-refractivity contribution in [2.75, 3.05) is 23.3 Å². The Balaban J connectivity index is 1.76. The Hall–Kier alpha value is -2.36. The van der Waals surface area contributed by atoms with Gasteiger partial charge in [0.1, 0.15) is 0 Å². The minimum Gasteiger partial charge on any atom is -0.370 e. The van der Waals surface area contributed by atoms with E-state index in [1.54, 1.807) is 6.20 Å². The van der Waals surface area contributed by atoms with Crippen LogP contribution in [0.5, 0.6) is 0 Å². The number of benzene rings is 1. The molecule has 0 unspecified atom stereocenters. The first-order valence-corrected chi connectivity index (χ1v) is 6.89. The number of nitrogens with one attached hydrogen (secondary N) is 1. The minimum absolute atomic E-state index is 0.121. The molecular weight excluding hydrogens is 250 g/mol. The van der Waals surface area contributed by atoms with Crippen LogP contribution in [0.25, 0.3) is 0 Å². The summed E-state index contributed by atoms with van der Waals surface area (Å²) in [5, 5.41) is 2.88. The summed E-state index contributed by atoms with van der Waals surface area (Å²) >= 11 is 0. The van der Waals surface area contributed by atoms with Gasteiger partial charge in [-0.2, -0.15) is 0 Å². The molecule has 0 spiro atoms. The van der Waals surface area contributed by atoms with Crippen molar-refractivity contribution < 1.29 is 4.79 Å². The van der Waals surface area contributed by atoms with Gasteiger partial charge in [0.2, 0.25) is 0 Å². The molecule has 0 radical (unpaired) electrons. The van der Waals surface area contributed by atoms with E-state index in [1.807, 2.05) is 42.6 Å². The van der Waals surface area contributed by atoms with Gasteiger partial charge in [-0.15, -0.1) is 0 Å². The van der Waals surface area contributed by atoms with Crippen molar-refractivity contribution in [3.63, 3.8) is 0 Å². The fourth-order valence-electron chi connectivity index (χ4n) is 2.42. The van der Waals surface area contributed by atoms with Crippen LogP contribution in [0, 0.1) is 0 Å². The first kappa shape index (κ1) is 12.7. The van der Waals surface area contributed by atoms with Crippen molar-refractivity contribution in [1.82, 2.24) is 4.98 Å². The van der Waals surface area contributed by atoms with E-state index >= 15 is 0 Å². The van der Waals surface area contributed by atoms with Gasteiger partial charge in [-0.3, -0.25) is 9.78 Å². The highest BCUT2D eigenvalue weighted by atomic mass is 16.1. The maximum absolute atomic E-state index is 12.2. The molecule has 102 valence electrons. The van der Waals surface area contributed by atoms with Crippen LogP contribution in [0.2, 0.25) is 0 Å². The lowest BCUT2D eigenvalue weighted by molar-refractivity contribution is 0.102. The number of aromatic nitrogens is 1. The summed E-state index contributed by atoms with van der Waals surface area (Å²) in [4.78, 5) is 18.7. The van der Waals surface area contributed by atoms with Crippen LogP contribution in [0.1, 0.15) is 23.2 Å². The van der Waals surface area contributed by atoms with Crippen molar-refractivity contribution in [1.29, 1.82) is 0 Å². The molecule has 2 aromatic rings. The molecule has 20 heavy (non-hydrogen) atoms. The zero-order chi connectivity index (χ0) is 13.8. The zero-order valence-electron chi connectivity index (χ0n) is 11.2. The molecule has 4 nitrogen and oxygen atoms in total. The molecule has 0 saturated carbocycles. The summed E-state index contributed by atoms with van der Waals surface area (Å²) in [6, 6.07) is 11.4. The smallest absolute Gasteiger partial charge is 0.257 e. The number of carbonyl (C=O) groups is 1. The largest absolute Gasteiger partial charge is 0.370 e. The van der Waals surface area contributed by atoms with Crippen molar-refractivity contribution >= 4 is 17.3 Å². The number of hydrogen-bond donors (Lipinski definition) is 1. The maximum atomic E-state index is 12.2. The molecule has 1 aromatic heterocycles. The van der Waals surface area contributed by atoms with E-state index in [4.69, 9.17) is 0 Å². The highest BCUT2D eigenvalue weighted by Gasteiger charge is 2.14. The Morgan fingerprint density at radius 1 is 1.10 bits per heavy atom. The standard InChI is InChI=1S/C16H17N3O/c20-16(18-14-6-2-1-3-7-14)13-10-15(12-17-11-13)19-8-4-5-9-19/h1-3,6-7,10-12H,4-5,8-9H2,(H,18,20). The maximum Gasteiger partial charge on any atom is 0.257 e. The third kappa shape index (κ3) is 2.79. The lowest BCUT2D eigenvalue weighted by Gasteiger charge is -2.17. The third-order valence-corrected chi connectivity index (χ3v) is 3.49. The number of carbonyl (C=O) groups excluding carboxylic acids is 1. The predicted octanol–water partition coefficient (Wildman–Crippen LogP) is 2.93. The fraction of sp³-hybridized carbons (Fsp3) is 0.250. The molecule has 1 saturated heterocycles. The van der Waals surface area contributed by atoms with Gasteiger partial charge in [0.25, 0.3) is 5.91 Å².